The van der Waals surface area contributed by atoms with E-state index in [-0.39, 0.29) is 43.5 Å². The van der Waals surface area contributed by atoms with Crippen molar-refractivity contribution in [1.82, 2.24) is 10.2 Å². The lowest BCUT2D eigenvalue weighted by Crippen LogP contribution is -2.53. The van der Waals surface area contributed by atoms with E-state index >= 15 is 0 Å². The van der Waals surface area contributed by atoms with Gasteiger partial charge in [-0.1, -0.05) is 25.5 Å². The molecule has 2 N–H and O–H groups in total. The summed E-state index contributed by atoms with van der Waals surface area (Å²) in [5.41, 5.74) is -0.452. The Balaban J connectivity index is 2.44. The summed E-state index contributed by atoms with van der Waals surface area (Å²) < 4.78 is 5.29. The maximum Gasteiger partial charge on any atom is 0.310 e. The first-order valence-corrected chi connectivity index (χ1v) is 10.2. The molecule has 1 aliphatic heterocycles. The molecule has 2 amide bonds. The van der Waals surface area contributed by atoms with Crippen LogP contribution in [0.3, 0.4) is 0 Å². The topological polar surface area (TPSA) is 95.9 Å². The number of nitrogens with zero attached hydrogens (tertiary/aromatic N) is 1. The molecule has 0 saturated carbocycles. The normalized spacial score (nSPS) is 29.6. The zero-order valence-corrected chi connectivity index (χ0v) is 17.6. The number of allylic oxidation sites excluding steroid dienone is 1. The smallest absolute Gasteiger partial charge is 0.310 e. The van der Waals surface area contributed by atoms with Crippen molar-refractivity contribution in [2.75, 3.05) is 19.8 Å². The summed E-state index contributed by atoms with van der Waals surface area (Å²) in [7, 11) is 0. The van der Waals surface area contributed by atoms with Crippen molar-refractivity contribution in [2.24, 2.45) is 23.7 Å². The molecule has 1 saturated heterocycles. The second kappa shape index (κ2) is 9.07. The van der Waals surface area contributed by atoms with Gasteiger partial charge in [-0.05, 0) is 40.0 Å². The first-order chi connectivity index (χ1) is 13.2. The van der Waals surface area contributed by atoms with Crippen LogP contribution in [0.2, 0.25) is 0 Å². The Morgan fingerprint density at radius 2 is 1.93 bits per heavy atom. The maximum atomic E-state index is 13.3. The van der Waals surface area contributed by atoms with Gasteiger partial charge in [0.15, 0.2) is 0 Å². The Morgan fingerprint density at radius 3 is 2.46 bits per heavy atom. The van der Waals surface area contributed by atoms with Gasteiger partial charge in [0.1, 0.15) is 6.04 Å². The van der Waals surface area contributed by atoms with Crippen LogP contribution in [0, 0.1) is 23.7 Å². The molecule has 1 fully saturated rings. The SMILES string of the molecule is CCC[C@@H]1C=C[C@H]2[C@H](C(=O)N(CCO)[C@@H]2C(=O)NC(C)(C)C)[C@@H]1C(=O)OCC. The predicted molar refractivity (Wildman–Crippen MR) is 105 cm³/mol. The number of ether oxygens (including phenoxy) is 1. The molecule has 5 atom stereocenters. The largest absolute Gasteiger partial charge is 0.466 e. The van der Waals surface area contributed by atoms with Gasteiger partial charge in [0.2, 0.25) is 11.8 Å². The van der Waals surface area contributed by atoms with Gasteiger partial charge in [-0.15, -0.1) is 0 Å². The third-order valence-electron chi connectivity index (χ3n) is 5.40. The lowest BCUT2D eigenvalue weighted by Gasteiger charge is -2.34. The maximum absolute atomic E-state index is 13.3. The fourth-order valence-corrected chi connectivity index (χ4v) is 4.46. The molecule has 0 bridgehead atoms. The van der Waals surface area contributed by atoms with Crippen LogP contribution in [0.5, 0.6) is 0 Å². The van der Waals surface area contributed by atoms with Crippen LogP contribution in [-0.2, 0) is 19.1 Å². The minimum absolute atomic E-state index is 0.0654. The molecule has 7 nitrogen and oxygen atoms in total. The highest BCUT2D eigenvalue weighted by Crippen LogP contribution is 2.45. The predicted octanol–water partition coefficient (Wildman–Crippen LogP) is 1.50. The van der Waals surface area contributed by atoms with Crippen LogP contribution in [0.4, 0.5) is 0 Å². The number of esters is 1. The average Bonchev–Trinajstić information content (AvgIpc) is 2.87. The molecule has 1 heterocycles. The van der Waals surface area contributed by atoms with E-state index < -0.39 is 29.3 Å². The summed E-state index contributed by atoms with van der Waals surface area (Å²) in [5, 5.41) is 12.4. The number of β-amino-alcohol motifs (C(OH)–C–C–N with tert-alkyl or cyclic N) is 1. The van der Waals surface area contributed by atoms with Crippen LogP contribution >= 0.6 is 0 Å². The molecule has 1 aliphatic carbocycles. The van der Waals surface area contributed by atoms with Crippen LogP contribution in [0.15, 0.2) is 12.2 Å². The molecule has 158 valence electrons. The summed E-state index contributed by atoms with van der Waals surface area (Å²) in [6.07, 6.45) is 5.54. The minimum Gasteiger partial charge on any atom is -0.466 e. The van der Waals surface area contributed by atoms with Crippen LogP contribution < -0.4 is 5.32 Å². The van der Waals surface area contributed by atoms with E-state index in [1.54, 1.807) is 6.92 Å². The molecular weight excluding hydrogens is 360 g/mol. The molecule has 0 aromatic carbocycles. The quantitative estimate of drug-likeness (QED) is 0.504. The number of carbonyl (C=O) groups excluding carboxylic acids is 3. The number of hydrogen-bond donors (Lipinski definition) is 2. The van der Waals surface area contributed by atoms with Gasteiger partial charge in [0.25, 0.3) is 0 Å². The molecule has 0 aromatic rings. The summed E-state index contributed by atoms with van der Waals surface area (Å²) in [6.45, 7) is 9.50. The first kappa shape index (κ1) is 22.4. The van der Waals surface area contributed by atoms with E-state index in [0.29, 0.717) is 0 Å². The van der Waals surface area contributed by atoms with Gasteiger partial charge in [-0.25, -0.2) is 0 Å². The average molecular weight is 395 g/mol. The summed E-state index contributed by atoms with van der Waals surface area (Å²) in [5.74, 6) is -2.63. The lowest BCUT2D eigenvalue weighted by molar-refractivity contribution is -0.155. The third-order valence-corrected chi connectivity index (χ3v) is 5.40. The highest BCUT2D eigenvalue weighted by Gasteiger charge is 2.57. The summed E-state index contributed by atoms with van der Waals surface area (Å²) >= 11 is 0. The first-order valence-electron chi connectivity index (χ1n) is 10.2. The number of likely N-dealkylation sites (tertiary alicyclic amines) is 1. The van der Waals surface area contributed by atoms with Crippen molar-refractivity contribution in [1.29, 1.82) is 0 Å². The van der Waals surface area contributed by atoms with Crippen molar-refractivity contribution in [3.63, 3.8) is 0 Å². The van der Waals surface area contributed by atoms with Crippen molar-refractivity contribution >= 4 is 17.8 Å². The minimum atomic E-state index is -0.736. The highest BCUT2D eigenvalue weighted by molar-refractivity contribution is 5.96. The summed E-state index contributed by atoms with van der Waals surface area (Å²) in [4.78, 5) is 40.5. The number of hydrogen-bond acceptors (Lipinski definition) is 5. The molecule has 7 heteroatoms. The van der Waals surface area contributed by atoms with Gasteiger partial charge < -0.3 is 20.1 Å². The lowest BCUT2D eigenvalue weighted by atomic mass is 9.68. The van der Waals surface area contributed by atoms with E-state index in [1.165, 1.54) is 4.90 Å². The number of nitrogens with one attached hydrogen (secondary N) is 1. The molecule has 28 heavy (non-hydrogen) atoms. The van der Waals surface area contributed by atoms with Gasteiger partial charge >= 0.3 is 5.97 Å². The van der Waals surface area contributed by atoms with Crippen LogP contribution in [-0.4, -0.2) is 59.1 Å². The number of fused-ring (bicyclic) bond motifs is 1. The van der Waals surface area contributed by atoms with Gasteiger partial charge in [-0.2, -0.15) is 0 Å². The second-order valence-electron chi connectivity index (χ2n) is 8.66. The Hall–Kier alpha value is -1.89. The molecular formula is C21H34N2O5. The highest BCUT2D eigenvalue weighted by atomic mass is 16.5. The fourth-order valence-electron chi connectivity index (χ4n) is 4.46. The van der Waals surface area contributed by atoms with E-state index in [1.807, 2.05) is 39.8 Å². The Bertz CT molecular complexity index is 625. The van der Waals surface area contributed by atoms with Crippen LogP contribution in [0.25, 0.3) is 0 Å². The Morgan fingerprint density at radius 1 is 1.25 bits per heavy atom. The molecule has 2 aliphatic rings. The van der Waals surface area contributed by atoms with E-state index in [0.717, 1.165) is 12.8 Å². The summed E-state index contributed by atoms with van der Waals surface area (Å²) in [6, 6.07) is -0.736. The number of aliphatic hydroxyl groups excluding tert-OH is 1. The van der Waals surface area contributed by atoms with Crippen molar-refractivity contribution < 1.29 is 24.2 Å². The standard InChI is InChI=1S/C21H34N2O5/c1-6-8-13-9-10-14-16(15(13)20(27)28-7-2)19(26)23(11-12-24)17(14)18(25)22-21(3,4)5/h9-10,13-17,24H,6-8,11-12H2,1-5H3,(H,22,25)/t13-,14+,15-,16+,17+/m1/s1. The monoisotopic (exact) mass is 394 g/mol. The van der Waals surface area contributed by atoms with E-state index in [9.17, 15) is 19.5 Å². The van der Waals surface area contributed by atoms with Crippen LogP contribution in [0.1, 0.15) is 47.5 Å². The third kappa shape index (κ3) is 4.57. The van der Waals surface area contributed by atoms with Crippen molar-refractivity contribution in [3.8, 4) is 0 Å². The van der Waals surface area contributed by atoms with E-state index in [4.69, 9.17) is 4.74 Å². The second-order valence-corrected chi connectivity index (χ2v) is 8.66. The molecule has 0 unspecified atom stereocenters. The number of rotatable bonds is 7. The number of amides is 2. The zero-order chi connectivity index (χ0) is 21.1. The van der Waals surface area contributed by atoms with Gasteiger partial charge in [0, 0.05) is 18.0 Å². The Kier molecular flexibility index (Phi) is 7.26. The molecule has 2 rings (SSSR count). The van der Waals surface area contributed by atoms with Crippen molar-refractivity contribution in [3.05, 3.63) is 12.2 Å². The number of aliphatic hydroxyl groups is 1. The van der Waals surface area contributed by atoms with Gasteiger partial charge in [-0.3, -0.25) is 14.4 Å². The zero-order valence-electron chi connectivity index (χ0n) is 17.6. The molecule has 0 spiro atoms. The van der Waals surface area contributed by atoms with E-state index in [2.05, 4.69) is 5.32 Å². The van der Waals surface area contributed by atoms with Crippen molar-refractivity contribution in [2.45, 2.75) is 59.0 Å². The number of carbonyl (C=O) groups is 3. The fraction of sp³-hybridized carbons (Fsp3) is 0.762. The van der Waals surface area contributed by atoms with Gasteiger partial charge in [0.05, 0.1) is 25.0 Å². The molecule has 0 radical (unpaired) electrons. The molecule has 0 aromatic heterocycles. The Labute approximate surface area is 167 Å².